The lowest BCUT2D eigenvalue weighted by Crippen LogP contribution is -2.12. The Bertz CT molecular complexity index is 636. The van der Waals surface area contributed by atoms with Gasteiger partial charge in [-0.15, -0.1) is 0 Å². The standard InChI is InChI=1S/C8H6F2N2O3S/c9-7(10)8-12-4-2-1-3-5(6(4)15-8)16(11,13)14/h1-3,7H,(H2,11,13,14). The maximum atomic E-state index is 12.3. The maximum Gasteiger partial charge on any atom is 0.313 e. The summed E-state index contributed by atoms with van der Waals surface area (Å²) in [6.45, 7) is 0. The van der Waals surface area contributed by atoms with E-state index in [0.717, 1.165) is 6.07 Å². The molecule has 0 amide bonds. The van der Waals surface area contributed by atoms with Crippen LogP contribution in [0, 0.1) is 0 Å². The molecule has 0 spiro atoms. The van der Waals surface area contributed by atoms with Gasteiger partial charge in [-0.3, -0.25) is 0 Å². The minimum atomic E-state index is -4.02. The fourth-order valence-corrected chi connectivity index (χ4v) is 1.93. The summed E-state index contributed by atoms with van der Waals surface area (Å²) in [6.07, 6.45) is -2.90. The van der Waals surface area contributed by atoms with E-state index in [4.69, 9.17) is 5.14 Å². The minimum absolute atomic E-state index is 0.0295. The van der Waals surface area contributed by atoms with Gasteiger partial charge in [-0.2, -0.15) is 8.78 Å². The quantitative estimate of drug-likeness (QED) is 0.870. The molecule has 0 atom stereocenters. The molecule has 86 valence electrons. The zero-order valence-corrected chi connectivity index (χ0v) is 8.54. The number of oxazole rings is 1. The summed E-state index contributed by atoms with van der Waals surface area (Å²) in [5, 5.41) is 4.91. The second-order valence-corrected chi connectivity index (χ2v) is 4.53. The third-order valence-corrected chi connectivity index (χ3v) is 2.82. The molecule has 0 bridgehead atoms. The fourth-order valence-electron chi connectivity index (χ4n) is 1.26. The Morgan fingerprint density at radius 3 is 2.62 bits per heavy atom. The highest BCUT2D eigenvalue weighted by molar-refractivity contribution is 7.89. The van der Waals surface area contributed by atoms with Crippen molar-refractivity contribution in [3.63, 3.8) is 0 Å². The van der Waals surface area contributed by atoms with E-state index in [2.05, 4.69) is 9.40 Å². The molecule has 8 heteroatoms. The third-order valence-electron chi connectivity index (χ3n) is 1.89. The number of primary sulfonamides is 1. The number of para-hydroxylation sites is 1. The molecule has 0 aliphatic heterocycles. The summed E-state index contributed by atoms with van der Waals surface area (Å²) in [6, 6.07) is 3.87. The second kappa shape index (κ2) is 3.49. The van der Waals surface area contributed by atoms with E-state index < -0.39 is 22.3 Å². The van der Waals surface area contributed by atoms with Gasteiger partial charge in [-0.1, -0.05) is 6.07 Å². The van der Waals surface area contributed by atoms with Crippen molar-refractivity contribution >= 4 is 21.1 Å². The van der Waals surface area contributed by atoms with E-state index in [1.165, 1.54) is 12.1 Å². The van der Waals surface area contributed by atoms with Crippen molar-refractivity contribution in [1.29, 1.82) is 0 Å². The SMILES string of the molecule is NS(=O)(=O)c1cccc2nc(C(F)F)oc12. The highest BCUT2D eigenvalue weighted by Gasteiger charge is 2.21. The first-order valence-electron chi connectivity index (χ1n) is 4.10. The third kappa shape index (κ3) is 1.76. The van der Waals surface area contributed by atoms with Crippen LogP contribution < -0.4 is 5.14 Å². The molecule has 16 heavy (non-hydrogen) atoms. The zero-order chi connectivity index (χ0) is 11.9. The van der Waals surface area contributed by atoms with E-state index in [0.29, 0.717) is 0 Å². The van der Waals surface area contributed by atoms with Gasteiger partial charge in [0.2, 0.25) is 10.0 Å². The Hall–Kier alpha value is -1.54. The minimum Gasteiger partial charge on any atom is -0.434 e. The Morgan fingerprint density at radius 2 is 2.06 bits per heavy atom. The first-order chi connectivity index (χ1) is 7.39. The molecular formula is C8H6F2N2O3S. The van der Waals surface area contributed by atoms with Crippen molar-refractivity contribution in [1.82, 2.24) is 4.98 Å². The van der Waals surface area contributed by atoms with Crippen LogP contribution in [0.15, 0.2) is 27.5 Å². The van der Waals surface area contributed by atoms with E-state index in [9.17, 15) is 17.2 Å². The van der Waals surface area contributed by atoms with Crippen molar-refractivity contribution < 1.29 is 21.6 Å². The molecule has 0 aliphatic rings. The number of aromatic nitrogens is 1. The largest absolute Gasteiger partial charge is 0.434 e. The summed E-state index contributed by atoms with van der Waals surface area (Å²) < 4.78 is 51.5. The molecule has 1 heterocycles. The Kier molecular flexibility index (Phi) is 2.39. The Labute approximate surface area is 88.9 Å². The van der Waals surface area contributed by atoms with Crippen molar-refractivity contribution in [3.8, 4) is 0 Å². The van der Waals surface area contributed by atoms with Crippen LogP contribution in [-0.2, 0) is 10.0 Å². The molecule has 0 fully saturated rings. The Balaban J connectivity index is 2.78. The van der Waals surface area contributed by atoms with Crippen molar-refractivity contribution in [3.05, 3.63) is 24.1 Å². The van der Waals surface area contributed by atoms with E-state index in [-0.39, 0.29) is 16.0 Å². The first kappa shape index (κ1) is 11.0. The monoisotopic (exact) mass is 248 g/mol. The number of nitrogens with two attached hydrogens (primary N) is 1. The Morgan fingerprint density at radius 1 is 1.38 bits per heavy atom. The molecular weight excluding hydrogens is 242 g/mol. The number of alkyl halides is 2. The lowest BCUT2D eigenvalue weighted by Gasteiger charge is -1.96. The average Bonchev–Trinajstić information content (AvgIpc) is 2.58. The van der Waals surface area contributed by atoms with Crippen molar-refractivity contribution in [2.24, 2.45) is 5.14 Å². The van der Waals surface area contributed by atoms with Gasteiger partial charge in [0.25, 0.3) is 5.89 Å². The molecule has 1 aromatic heterocycles. The average molecular weight is 248 g/mol. The molecule has 1 aromatic carbocycles. The van der Waals surface area contributed by atoms with Gasteiger partial charge in [0.05, 0.1) is 0 Å². The zero-order valence-electron chi connectivity index (χ0n) is 7.72. The molecule has 0 unspecified atom stereocenters. The van der Waals surface area contributed by atoms with Gasteiger partial charge in [0, 0.05) is 0 Å². The van der Waals surface area contributed by atoms with Gasteiger partial charge in [0.15, 0.2) is 5.58 Å². The van der Waals surface area contributed by atoms with Crippen LogP contribution in [-0.4, -0.2) is 13.4 Å². The van der Waals surface area contributed by atoms with E-state index in [1.54, 1.807) is 0 Å². The lowest BCUT2D eigenvalue weighted by molar-refractivity contribution is 0.117. The molecule has 0 saturated heterocycles. The summed E-state index contributed by atoms with van der Waals surface area (Å²) in [7, 11) is -4.02. The summed E-state index contributed by atoms with van der Waals surface area (Å²) in [5.74, 6) is -0.828. The summed E-state index contributed by atoms with van der Waals surface area (Å²) >= 11 is 0. The van der Waals surface area contributed by atoms with E-state index in [1.807, 2.05) is 0 Å². The molecule has 2 aromatic rings. The number of sulfonamides is 1. The van der Waals surface area contributed by atoms with Gasteiger partial charge in [0.1, 0.15) is 10.4 Å². The number of halogens is 2. The van der Waals surface area contributed by atoms with Crippen LogP contribution in [0.2, 0.25) is 0 Å². The van der Waals surface area contributed by atoms with Crippen LogP contribution in [0.1, 0.15) is 12.3 Å². The molecule has 2 rings (SSSR count). The number of hydrogen-bond acceptors (Lipinski definition) is 4. The number of fused-ring (bicyclic) bond motifs is 1. The molecule has 0 radical (unpaired) electrons. The first-order valence-corrected chi connectivity index (χ1v) is 5.64. The summed E-state index contributed by atoms with van der Waals surface area (Å²) in [5.41, 5.74) is -0.220. The van der Waals surface area contributed by atoms with Gasteiger partial charge < -0.3 is 4.42 Å². The van der Waals surface area contributed by atoms with Crippen LogP contribution in [0.3, 0.4) is 0 Å². The van der Waals surface area contributed by atoms with Crippen LogP contribution in [0.25, 0.3) is 11.1 Å². The smallest absolute Gasteiger partial charge is 0.313 e. The van der Waals surface area contributed by atoms with Crippen molar-refractivity contribution in [2.45, 2.75) is 11.3 Å². The van der Waals surface area contributed by atoms with Gasteiger partial charge in [-0.05, 0) is 12.1 Å². The predicted octanol–water partition coefficient (Wildman–Crippen LogP) is 1.41. The van der Waals surface area contributed by atoms with Gasteiger partial charge >= 0.3 is 6.43 Å². The molecule has 0 saturated carbocycles. The molecule has 0 aliphatic carbocycles. The van der Waals surface area contributed by atoms with Gasteiger partial charge in [-0.25, -0.2) is 18.5 Å². The van der Waals surface area contributed by atoms with Crippen molar-refractivity contribution in [2.75, 3.05) is 0 Å². The molecule has 5 nitrogen and oxygen atoms in total. The molecule has 2 N–H and O–H groups in total. The number of hydrogen-bond donors (Lipinski definition) is 1. The van der Waals surface area contributed by atoms with Crippen LogP contribution >= 0.6 is 0 Å². The predicted molar refractivity (Wildman–Crippen MR) is 50.3 cm³/mol. The highest BCUT2D eigenvalue weighted by atomic mass is 32.2. The van der Waals surface area contributed by atoms with Crippen LogP contribution in [0.5, 0.6) is 0 Å². The number of nitrogens with zero attached hydrogens (tertiary/aromatic N) is 1. The maximum absolute atomic E-state index is 12.3. The van der Waals surface area contributed by atoms with E-state index >= 15 is 0 Å². The highest BCUT2D eigenvalue weighted by Crippen LogP contribution is 2.27. The normalized spacial score (nSPS) is 12.5. The topological polar surface area (TPSA) is 86.2 Å². The number of benzene rings is 1. The fraction of sp³-hybridized carbons (Fsp3) is 0.125. The second-order valence-electron chi connectivity index (χ2n) is 3.00. The number of rotatable bonds is 2. The van der Waals surface area contributed by atoms with Crippen LogP contribution in [0.4, 0.5) is 8.78 Å². The lowest BCUT2D eigenvalue weighted by atomic mass is 10.3. The summed E-state index contributed by atoms with van der Waals surface area (Å²) in [4.78, 5) is 3.09.